The second kappa shape index (κ2) is 9.89. The Morgan fingerprint density at radius 3 is 2.39 bits per heavy atom. The molecule has 0 spiro atoms. The third-order valence-corrected chi connectivity index (χ3v) is 5.96. The van der Waals surface area contributed by atoms with E-state index in [9.17, 15) is 45.6 Å². The Kier molecular flexibility index (Phi) is 7.87. The van der Waals surface area contributed by atoms with Crippen molar-refractivity contribution in [2.45, 2.75) is 80.1 Å². The Balaban J connectivity index is 1.65. The Bertz CT molecular complexity index is 618. The van der Waals surface area contributed by atoms with Gasteiger partial charge in [0.25, 0.3) is 0 Å². The van der Waals surface area contributed by atoms with Gasteiger partial charge in [-0.1, -0.05) is 12.8 Å². The lowest BCUT2D eigenvalue weighted by molar-refractivity contribution is -0.367. The Hall–Kier alpha value is -0.970. The molecule has 13 nitrogen and oxygen atoms in total. The first kappa shape index (κ1) is 24.7. The van der Waals surface area contributed by atoms with Crippen LogP contribution >= 0.6 is 0 Å². The predicted octanol–water partition coefficient (Wildman–Crippen LogP) is -4.54. The van der Waals surface area contributed by atoms with Crippen LogP contribution in [0.15, 0.2) is 0 Å². The molecule has 13 heteroatoms. The van der Waals surface area contributed by atoms with Crippen molar-refractivity contribution in [1.82, 2.24) is 5.32 Å². The molecule has 3 rings (SSSR count). The SMILES string of the molecule is O=C(O)C(CC1CC1)NC[C@]1(O)OC[C@@H](O)[C@@H](O[C@@H]2O[C@H](CO)[C@H](O)[C@H](O)[C@H]2O)[C@@H]1O. The fourth-order valence-electron chi connectivity index (χ4n) is 3.76. The third kappa shape index (κ3) is 5.51. The largest absolute Gasteiger partial charge is 0.480 e. The van der Waals surface area contributed by atoms with Gasteiger partial charge >= 0.3 is 5.97 Å². The molecule has 10 atom stereocenters. The molecule has 1 aliphatic carbocycles. The molecule has 1 saturated carbocycles. The van der Waals surface area contributed by atoms with E-state index in [0.717, 1.165) is 12.8 Å². The minimum atomic E-state index is -2.32. The smallest absolute Gasteiger partial charge is 0.320 e. The van der Waals surface area contributed by atoms with Crippen molar-refractivity contribution in [3.05, 3.63) is 0 Å². The van der Waals surface area contributed by atoms with Gasteiger partial charge in [-0.2, -0.15) is 0 Å². The normalized spacial score (nSPS) is 44.7. The summed E-state index contributed by atoms with van der Waals surface area (Å²) in [7, 11) is 0. The predicted molar refractivity (Wildman–Crippen MR) is 98.3 cm³/mol. The summed E-state index contributed by atoms with van der Waals surface area (Å²) in [6.07, 6.45) is -10.8. The highest BCUT2D eigenvalue weighted by Gasteiger charge is 2.53. The maximum Gasteiger partial charge on any atom is 0.320 e. The van der Waals surface area contributed by atoms with Gasteiger partial charge in [-0.05, 0) is 12.3 Å². The zero-order valence-corrected chi connectivity index (χ0v) is 16.7. The van der Waals surface area contributed by atoms with Crippen LogP contribution in [0.25, 0.3) is 0 Å². The highest BCUT2D eigenvalue weighted by Crippen LogP contribution is 2.34. The van der Waals surface area contributed by atoms with Crippen LogP contribution in [0.3, 0.4) is 0 Å². The number of carboxylic acids is 1. The van der Waals surface area contributed by atoms with Crippen molar-refractivity contribution >= 4 is 5.97 Å². The van der Waals surface area contributed by atoms with Gasteiger partial charge in [-0.25, -0.2) is 0 Å². The number of hydrogen-bond acceptors (Lipinski definition) is 12. The number of hydrogen-bond donors (Lipinski definition) is 9. The van der Waals surface area contributed by atoms with Crippen molar-refractivity contribution in [2.24, 2.45) is 5.92 Å². The van der Waals surface area contributed by atoms with Crippen molar-refractivity contribution < 1.29 is 59.9 Å². The molecule has 2 saturated heterocycles. The molecule has 180 valence electrons. The summed E-state index contributed by atoms with van der Waals surface area (Å²) >= 11 is 0. The number of nitrogens with one attached hydrogen (secondary N) is 1. The molecular weight excluding hydrogens is 422 g/mol. The number of ether oxygens (including phenoxy) is 3. The lowest BCUT2D eigenvalue weighted by Gasteiger charge is -2.47. The third-order valence-electron chi connectivity index (χ3n) is 5.96. The van der Waals surface area contributed by atoms with Gasteiger partial charge in [0.05, 0.1) is 19.8 Å². The molecule has 1 unspecified atom stereocenters. The monoisotopic (exact) mass is 453 g/mol. The quantitative estimate of drug-likeness (QED) is 0.161. The van der Waals surface area contributed by atoms with Crippen LogP contribution in [0, 0.1) is 5.92 Å². The summed E-state index contributed by atoms with van der Waals surface area (Å²) in [6, 6.07) is -0.969. The Morgan fingerprint density at radius 1 is 1.13 bits per heavy atom. The van der Waals surface area contributed by atoms with Crippen LogP contribution < -0.4 is 5.32 Å². The molecule has 9 N–H and O–H groups in total. The average Bonchev–Trinajstić information content (AvgIpc) is 3.55. The second-order valence-electron chi connectivity index (χ2n) is 8.42. The molecule has 0 aromatic carbocycles. The fourth-order valence-corrected chi connectivity index (χ4v) is 3.76. The molecule has 0 radical (unpaired) electrons. The van der Waals surface area contributed by atoms with E-state index in [2.05, 4.69) is 5.32 Å². The summed E-state index contributed by atoms with van der Waals surface area (Å²) < 4.78 is 15.8. The van der Waals surface area contributed by atoms with Gasteiger partial charge in [0.2, 0.25) is 5.79 Å². The van der Waals surface area contributed by atoms with E-state index >= 15 is 0 Å². The van der Waals surface area contributed by atoms with Crippen molar-refractivity contribution in [3.63, 3.8) is 0 Å². The molecular formula is C18H31NO12. The highest BCUT2D eigenvalue weighted by atomic mass is 16.7. The molecule has 31 heavy (non-hydrogen) atoms. The minimum Gasteiger partial charge on any atom is -0.480 e. The zero-order chi connectivity index (χ0) is 22.9. The number of carbonyl (C=O) groups is 1. The maximum atomic E-state index is 11.4. The first-order chi connectivity index (χ1) is 14.6. The van der Waals surface area contributed by atoms with Gasteiger partial charge in [0.15, 0.2) is 6.29 Å². The number of carboxylic acid groups (broad SMARTS) is 1. The summed E-state index contributed by atoms with van der Waals surface area (Å²) in [5, 5.41) is 82.6. The summed E-state index contributed by atoms with van der Waals surface area (Å²) in [5.74, 6) is -3.16. The van der Waals surface area contributed by atoms with Crippen LogP contribution in [0.2, 0.25) is 0 Å². The molecule has 2 heterocycles. The van der Waals surface area contributed by atoms with Gasteiger partial charge in [0, 0.05) is 0 Å². The molecule has 3 aliphatic rings. The topological polar surface area (TPSA) is 219 Å². The van der Waals surface area contributed by atoms with E-state index in [1.807, 2.05) is 0 Å². The summed E-state index contributed by atoms with van der Waals surface area (Å²) in [5.41, 5.74) is 0. The molecule has 0 amide bonds. The first-order valence-electron chi connectivity index (χ1n) is 10.2. The molecule has 0 aromatic rings. The molecule has 2 aliphatic heterocycles. The Labute approximate surface area is 177 Å². The van der Waals surface area contributed by atoms with Gasteiger partial charge in [-0.3, -0.25) is 10.1 Å². The molecule has 0 bridgehead atoms. The Morgan fingerprint density at radius 2 is 1.81 bits per heavy atom. The maximum absolute atomic E-state index is 11.4. The fraction of sp³-hybridized carbons (Fsp3) is 0.944. The average molecular weight is 453 g/mol. The van der Waals surface area contributed by atoms with Gasteiger partial charge in [0.1, 0.15) is 48.8 Å². The van der Waals surface area contributed by atoms with E-state index in [1.54, 1.807) is 0 Å². The van der Waals surface area contributed by atoms with Crippen LogP contribution in [-0.4, -0.2) is 127 Å². The van der Waals surface area contributed by atoms with Gasteiger partial charge < -0.3 is 55.1 Å². The van der Waals surface area contributed by atoms with E-state index in [0.29, 0.717) is 6.42 Å². The van der Waals surface area contributed by atoms with Crippen LogP contribution in [0.1, 0.15) is 19.3 Å². The van der Waals surface area contributed by atoms with Crippen molar-refractivity contribution in [1.29, 1.82) is 0 Å². The van der Waals surface area contributed by atoms with Crippen molar-refractivity contribution in [2.75, 3.05) is 19.8 Å². The molecule has 3 fully saturated rings. The summed E-state index contributed by atoms with van der Waals surface area (Å²) in [4.78, 5) is 11.4. The number of aliphatic carboxylic acids is 1. The van der Waals surface area contributed by atoms with E-state index < -0.39 is 86.6 Å². The summed E-state index contributed by atoms with van der Waals surface area (Å²) in [6.45, 7) is -1.67. The highest BCUT2D eigenvalue weighted by molar-refractivity contribution is 5.73. The zero-order valence-electron chi connectivity index (χ0n) is 16.7. The lowest BCUT2D eigenvalue weighted by atomic mass is 9.95. The molecule has 0 aromatic heterocycles. The second-order valence-corrected chi connectivity index (χ2v) is 8.42. The van der Waals surface area contributed by atoms with E-state index in [4.69, 9.17) is 14.2 Å². The first-order valence-corrected chi connectivity index (χ1v) is 10.2. The van der Waals surface area contributed by atoms with Crippen LogP contribution in [0.5, 0.6) is 0 Å². The van der Waals surface area contributed by atoms with E-state index in [1.165, 1.54) is 0 Å². The number of aliphatic hydroxyl groups is 7. The van der Waals surface area contributed by atoms with Crippen molar-refractivity contribution in [3.8, 4) is 0 Å². The van der Waals surface area contributed by atoms with E-state index in [-0.39, 0.29) is 5.92 Å². The number of rotatable bonds is 9. The van der Waals surface area contributed by atoms with Crippen LogP contribution in [0.4, 0.5) is 0 Å². The van der Waals surface area contributed by atoms with Crippen LogP contribution in [-0.2, 0) is 19.0 Å². The minimum absolute atomic E-state index is 0.282. The number of aliphatic hydroxyl groups excluding tert-OH is 6. The van der Waals surface area contributed by atoms with Gasteiger partial charge in [-0.15, -0.1) is 0 Å². The lowest BCUT2D eigenvalue weighted by Crippen LogP contribution is -2.68. The standard InChI is InChI=1S/C18H31NO12/c20-4-10-11(22)12(23)13(24)17(30-10)31-14-9(21)5-29-18(28,15(14)25)6-19-8(16(26)27)3-7-1-2-7/h7-15,17,19-25,28H,1-6H2,(H,26,27)/t8?,9-,10-,11+,12+,13-,14-,15+,17+,18+/m1/s1.